The van der Waals surface area contributed by atoms with Gasteiger partial charge in [0.2, 0.25) is 0 Å². The van der Waals surface area contributed by atoms with E-state index in [2.05, 4.69) is 15.6 Å². The molecule has 22 heavy (non-hydrogen) atoms. The van der Waals surface area contributed by atoms with E-state index in [1.807, 2.05) is 37.4 Å². The minimum atomic E-state index is 0.0568. The number of carbonyl (C=O) groups is 1. The number of carbonyl (C=O) groups excluding carboxylic acids is 1. The lowest BCUT2D eigenvalue weighted by atomic mass is 9.95. The Morgan fingerprint density at radius 1 is 1.36 bits per heavy atom. The van der Waals surface area contributed by atoms with Crippen LogP contribution in [0, 0.1) is 6.92 Å². The van der Waals surface area contributed by atoms with E-state index in [0.29, 0.717) is 18.1 Å². The Bertz CT molecular complexity index is 711. The zero-order valence-electron chi connectivity index (χ0n) is 12.5. The predicted molar refractivity (Wildman–Crippen MR) is 88.1 cm³/mol. The summed E-state index contributed by atoms with van der Waals surface area (Å²) in [5, 5.41) is 6.75. The van der Waals surface area contributed by atoms with Crippen LogP contribution in [-0.4, -0.2) is 29.0 Å². The van der Waals surface area contributed by atoms with E-state index < -0.39 is 0 Å². The van der Waals surface area contributed by atoms with Gasteiger partial charge in [-0.2, -0.15) is 0 Å². The van der Waals surface area contributed by atoms with Gasteiger partial charge in [-0.3, -0.25) is 9.78 Å². The molecule has 4 nitrogen and oxygen atoms in total. The van der Waals surface area contributed by atoms with Crippen LogP contribution in [0.25, 0.3) is 10.4 Å². The van der Waals surface area contributed by atoms with Crippen molar-refractivity contribution in [3.8, 4) is 10.4 Å². The monoisotopic (exact) mass is 313 g/mol. The van der Waals surface area contributed by atoms with Gasteiger partial charge in [0.25, 0.3) is 5.91 Å². The van der Waals surface area contributed by atoms with E-state index >= 15 is 0 Å². The van der Waals surface area contributed by atoms with Gasteiger partial charge in [-0.15, -0.1) is 11.3 Å². The molecule has 0 aromatic carbocycles. The number of amides is 1. The molecule has 2 aliphatic rings. The predicted octanol–water partition coefficient (Wildman–Crippen LogP) is 2.74. The number of rotatable bonds is 3. The first-order chi connectivity index (χ1) is 10.7. The highest BCUT2D eigenvalue weighted by Gasteiger charge is 2.39. The van der Waals surface area contributed by atoms with Gasteiger partial charge in [0.15, 0.2) is 0 Å². The van der Waals surface area contributed by atoms with E-state index in [9.17, 15) is 4.79 Å². The molecule has 114 valence electrons. The van der Waals surface area contributed by atoms with Crippen LogP contribution < -0.4 is 10.6 Å². The van der Waals surface area contributed by atoms with Crippen LogP contribution in [-0.2, 0) is 0 Å². The van der Waals surface area contributed by atoms with Crippen molar-refractivity contribution < 1.29 is 4.79 Å². The average molecular weight is 313 g/mol. The van der Waals surface area contributed by atoms with Crippen LogP contribution in [0.4, 0.5) is 0 Å². The molecule has 0 saturated carbocycles. The summed E-state index contributed by atoms with van der Waals surface area (Å²) >= 11 is 1.55. The molecule has 2 aromatic heterocycles. The Kier molecular flexibility index (Phi) is 3.47. The van der Waals surface area contributed by atoms with E-state index in [1.54, 1.807) is 11.3 Å². The Morgan fingerprint density at radius 3 is 3.00 bits per heavy atom. The molecule has 4 rings (SSSR count). The number of aryl methyl sites for hydroxylation is 1. The van der Waals surface area contributed by atoms with Crippen molar-refractivity contribution in [1.29, 1.82) is 0 Å². The third-order valence-corrected chi connectivity index (χ3v) is 5.76. The quantitative estimate of drug-likeness (QED) is 0.916. The third-order valence-electron chi connectivity index (χ3n) is 4.63. The van der Waals surface area contributed by atoms with E-state index in [0.717, 1.165) is 27.4 Å². The first-order valence-corrected chi connectivity index (χ1v) is 8.60. The van der Waals surface area contributed by atoms with E-state index in [-0.39, 0.29) is 5.91 Å². The van der Waals surface area contributed by atoms with Crippen molar-refractivity contribution in [2.75, 3.05) is 0 Å². The molecule has 0 radical (unpaired) electrons. The van der Waals surface area contributed by atoms with Crippen LogP contribution in [0.1, 0.15) is 34.6 Å². The molecule has 2 N–H and O–H groups in total. The van der Waals surface area contributed by atoms with Crippen LogP contribution in [0.3, 0.4) is 0 Å². The maximum absolute atomic E-state index is 12.4. The summed E-state index contributed by atoms with van der Waals surface area (Å²) < 4.78 is 0. The van der Waals surface area contributed by atoms with Gasteiger partial charge in [-0.1, -0.05) is 0 Å². The summed E-state index contributed by atoms with van der Waals surface area (Å²) in [6.45, 7) is 1.98. The van der Waals surface area contributed by atoms with Crippen LogP contribution in [0.5, 0.6) is 0 Å². The zero-order valence-corrected chi connectivity index (χ0v) is 13.3. The molecule has 0 aliphatic carbocycles. The standard InChI is InChI=1S/C17H19N3OS/c1-10-8-11(6-7-18-10)15-4-5-16(22-15)17(21)20-14-9-12-2-3-13(14)19-12/h4-8,12-14,19H,2-3,9H2,1H3,(H,20,21). The zero-order chi connectivity index (χ0) is 15.1. The Balaban J connectivity index is 1.48. The van der Waals surface area contributed by atoms with Crippen molar-refractivity contribution in [3.05, 3.63) is 41.0 Å². The molecule has 0 spiro atoms. The normalized spacial score (nSPS) is 26.3. The molecule has 2 bridgehead atoms. The smallest absolute Gasteiger partial charge is 0.261 e. The van der Waals surface area contributed by atoms with Crippen molar-refractivity contribution in [2.45, 2.75) is 44.3 Å². The molecule has 2 fully saturated rings. The summed E-state index contributed by atoms with van der Waals surface area (Å²) in [4.78, 5) is 18.6. The highest BCUT2D eigenvalue weighted by molar-refractivity contribution is 7.17. The fourth-order valence-electron chi connectivity index (χ4n) is 3.54. The second-order valence-corrected chi connectivity index (χ2v) is 7.30. The van der Waals surface area contributed by atoms with Crippen molar-refractivity contribution >= 4 is 17.2 Å². The fourth-order valence-corrected chi connectivity index (χ4v) is 4.44. The molecule has 3 atom stereocenters. The summed E-state index contributed by atoms with van der Waals surface area (Å²) in [7, 11) is 0. The molecule has 1 amide bonds. The van der Waals surface area contributed by atoms with Gasteiger partial charge >= 0.3 is 0 Å². The summed E-state index contributed by atoms with van der Waals surface area (Å²) in [6, 6.07) is 9.34. The van der Waals surface area contributed by atoms with Crippen LogP contribution in [0.2, 0.25) is 0 Å². The van der Waals surface area contributed by atoms with Gasteiger partial charge in [-0.05, 0) is 56.0 Å². The van der Waals surface area contributed by atoms with E-state index in [4.69, 9.17) is 0 Å². The van der Waals surface area contributed by atoms with Crippen molar-refractivity contribution in [1.82, 2.24) is 15.6 Å². The second kappa shape index (κ2) is 5.48. The van der Waals surface area contributed by atoms with Crippen LogP contribution >= 0.6 is 11.3 Å². The lowest BCUT2D eigenvalue weighted by Gasteiger charge is -2.20. The SMILES string of the molecule is Cc1cc(-c2ccc(C(=O)NC3CC4CCC3N4)s2)ccn1. The van der Waals surface area contributed by atoms with Gasteiger partial charge in [0.05, 0.1) is 4.88 Å². The minimum absolute atomic E-state index is 0.0568. The second-order valence-electron chi connectivity index (χ2n) is 6.21. The first kappa shape index (κ1) is 13.9. The summed E-state index contributed by atoms with van der Waals surface area (Å²) in [6.07, 6.45) is 5.31. The van der Waals surface area contributed by atoms with Crippen molar-refractivity contribution in [3.63, 3.8) is 0 Å². The topological polar surface area (TPSA) is 54.0 Å². The number of nitrogens with zero attached hydrogens (tertiary/aromatic N) is 1. The molecule has 2 aliphatic heterocycles. The van der Waals surface area contributed by atoms with Gasteiger partial charge < -0.3 is 10.6 Å². The van der Waals surface area contributed by atoms with Gasteiger partial charge in [0, 0.05) is 34.9 Å². The number of fused-ring (bicyclic) bond motifs is 2. The molecule has 2 saturated heterocycles. The largest absolute Gasteiger partial charge is 0.347 e. The maximum atomic E-state index is 12.4. The molecule has 4 heterocycles. The molecule has 5 heteroatoms. The minimum Gasteiger partial charge on any atom is -0.347 e. The first-order valence-electron chi connectivity index (χ1n) is 7.79. The summed E-state index contributed by atoms with van der Waals surface area (Å²) in [5.74, 6) is 0.0568. The Labute approximate surface area is 134 Å². The third kappa shape index (κ3) is 2.55. The lowest BCUT2D eigenvalue weighted by Crippen LogP contribution is -2.42. The molecular weight excluding hydrogens is 294 g/mol. The van der Waals surface area contributed by atoms with E-state index in [1.165, 1.54) is 12.8 Å². The summed E-state index contributed by atoms with van der Waals surface area (Å²) in [5.41, 5.74) is 2.11. The number of pyridine rings is 1. The van der Waals surface area contributed by atoms with Gasteiger partial charge in [0.1, 0.15) is 0 Å². The number of thiophene rings is 1. The molecule has 2 aromatic rings. The van der Waals surface area contributed by atoms with Crippen molar-refractivity contribution in [2.24, 2.45) is 0 Å². The average Bonchev–Trinajstić information content (AvgIpc) is 3.23. The lowest BCUT2D eigenvalue weighted by molar-refractivity contribution is 0.0935. The van der Waals surface area contributed by atoms with Crippen LogP contribution in [0.15, 0.2) is 30.5 Å². The Morgan fingerprint density at radius 2 is 2.27 bits per heavy atom. The number of hydrogen-bond acceptors (Lipinski definition) is 4. The number of nitrogens with one attached hydrogen (secondary N) is 2. The highest BCUT2D eigenvalue weighted by atomic mass is 32.1. The molecular formula is C17H19N3OS. The highest BCUT2D eigenvalue weighted by Crippen LogP contribution is 2.30. The Hall–Kier alpha value is -1.72. The number of aromatic nitrogens is 1. The van der Waals surface area contributed by atoms with Gasteiger partial charge in [-0.25, -0.2) is 0 Å². The number of hydrogen-bond donors (Lipinski definition) is 2. The fraction of sp³-hybridized carbons (Fsp3) is 0.412. The maximum Gasteiger partial charge on any atom is 0.261 e. The molecule has 3 unspecified atom stereocenters.